The summed E-state index contributed by atoms with van der Waals surface area (Å²) in [5.41, 5.74) is 0. The van der Waals surface area contributed by atoms with Crippen LogP contribution in [0.5, 0.6) is 11.5 Å². The summed E-state index contributed by atoms with van der Waals surface area (Å²) in [5, 5.41) is 3.39. The number of aliphatic imine (C=N–C) groups is 1. The summed E-state index contributed by atoms with van der Waals surface area (Å²) in [5.74, 6) is 2.64. The van der Waals surface area contributed by atoms with E-state index in [9.17, 15) is 4.79 Å². The van der Waals surface area contributed by atoms with Gasteiger partial charge >= 0.3 is 0 Å². The van der Waals surface area contributed by atoms with Gasteiger partial charge in [0.25, 0.3) is 0 Å². The van der Waals surface area contributed by atoms with E-state index in [0.717, 1.165) is 50.2 Å². The number of morpholine rings is 1. The zero-order valence-electron chi connectivity index (χ0n) is 20.0. The van der Waals surface area contributed by atoms with Crippen molar-refractivity contribution in [3.05, 3.63) is 24.3 Å². The SMILES string of the molecule is CCNC(=NCC(C)Oc1cccc(OC)c1)N1CCN(CC(=O)N2CCOCC2)CC1.I. The highest BCUT2D eigenvalue weighted by atomic mass is 127. The zero-order chi connectivity index (χ0) is 22.8. The summed E-state index contributed by atoms with van der Waals surface area (Å²) < 4.78 is 16.6. The molecule has 0 radical (unpaired) electrons. The van der Waals surface area contributed by atoms with Crippen LogP contribution in [0.4, 0.5) is 0 Å². The van der Waals surface area contributed by atoms with Gasteiger partial charge in [-0.05, 0) is 26.0 Å². The van der Waals surface area contributed by atoms with Crippen LogP contribution in [-0.4, -0.2) is 112 Å². The molecule has 1 atom stereocenters. The van der Waals surface area contributed by atoms with Gasteiger partial charge in [0.2, 0.25) is 5.91 Å². The molecule has 1 amide bonds. The number of amides is 1. The molecule has 10 heteroatoms. The van der Waals surface area contributed by atoms with Crippen LogP contribution in [-0.2, 0) is 9.53 Å². The molecule has 1 unspecified atom stereocenters. The van der Waals surface area contributed by atoms with Crippen LogP contribution in [0.2, 0.25) is 0 Å². The monoisotopic (exact) mass is 575 g/mol. The number of rotatable bonds is 8. The van der Waals surface area contributed by atoms with Gasteiger partial charge in [-0.3, -0.25) is 9.69 Å². The van der Waals surface area contributed by atoms with Crippen molar-refractivity contribution >= 4 is 35.8 Å². The van der Waals surface area contributed by atoms with Crippen molar-refractivity contribution in [1.29, 1.82) is 0 Å². The van der Waals surface area contributed by atoms with Gasteiger partial charge in [0.1, 0.15) is 17.6 Å². The summed E-state index contributed by atoms with van der Waals surface area (Å²) in [4.78, 5) is 23.7. The second-order valence-electron chi connectivity index (χ2n) is 8.06. The molecule has 2 saturated heterocycles. The third-order valence-electron chi connectivity index (χ3n) is 5.61. The van der Waals surface area contributed by atoms with E-state index in [1.165, 1.54) is 0 Å². The molecule has 2 aliphatic rings. The Kier molecular flexibility index (Phi) is 12.0. The number of halogens is 1. The highest BCUT2D eigenvalue weighted by Crippen LogP contribution is 2.20. The quantitative estimate of drug-likeness (QED) is 0.286. The van der Waals surface area contributed by atoms with Gasteiger partial charge in [0, 0.05) is 51.9 Å². The second-order valence-corrected chi connectivity index (χ2v) is 8.06. The lowest BCUT2D eigenvalue weighted by molar-refractivity contribution is -0.136. The fraction of sp³-hybridized carbons (Fsp3) is 0.652. The van der Waals surface area contributed by atoms with Crippen molar-refractivity contribution in [3.8, 4) is 11.5 Å². The van der Waals surface area contributed by atoms with Gasteiger partial charge in [0.05, 0.1) is 33.4 Å². The molecule has 3 rings (SSSR count). The Labute approximate surface area is 214 Å². The Morgan fingerprint density at radius 1 is 1.12 bits per heavy atom. The average Bonchev–Trinajstić information content (AvgIpc) is 2.83. The first kappa shape index (κ1) is 27.5. The van der Waals surface area contributed by atoms with Crippen LogP contribution >= 0.6 is 24.0 Å². The minimum absolute atomic E-state index is 0. The van der Waals surface area contributed by atoms with Crippen molar-refractivity contribution in [2.75, 3.05) is 79.2 Å². The summed E-state index contributed by atoms with van der Waals surface area (Å²) in [6.45, 7) is 12.0. The van der Waals surface area contributed by atoms with E-state index < -0.39 is 0 Å². The molecule has 2 heterocycles. The van der Waals surface area contributed by atoms with E-state index in [1.54, 1.807) is 7.11 Å². The van der Waals surface area contributed by atoms with Crippen molar-refractivity contribution in [2.24, 2.45) is 4.99 Å². The number of hydrogen-bond acceptors (Lipinski definition) is 6. The molecule has 1 aromatic carbocycles. The zero-order valence-corrected chi connectivity index (χ0v) is 22.3. The van der Waals surface area contributed by atoms with Crippen LogP contribution in [0.15, 0.2) is 29.3 Å². The fourth-order valence-corrected chi connectivity index (χ4v) is 3.81. The molecule has 0 aromatic heterocycles. The summed E-state index contributed by atoms with van der Waals surface area (Å²) in [6, 6.07) is 7.61. The van der Waals surface area contributed by atoms with Crippen LogP contribution in [0, 0.1) is 0 Å². The predicted molar refractivity (Wildman–Crippen MR) is 140 cm³/mol. The third-order valence-corrected chi connectivity index (χ3v) is 5.61. The van der Waals surface area contributed by atoms with Crippen molar-refractivity contribution in [3.63, 3.8) is 0 Å². The number of piperazine rings is 1. The van der Waals surface area contributed by atoms with Crippen LogP contribution in [0.25, 0.3) is 0 Å². The second kappa shape index (κ2) is 14.5. The van der Waals surface area contributed by atoms with Crippen LogP contribution in [0.1, 0.15) is 13.8 Å². The normalized spacial score (nSPS) is 18.3. The molecular weight excluding hydrogens is 537 g/mol. The molecule has 0 bridgehead atoms. The number of carbonyl (C=O) groups excluding carboxylic acids is 1. The molecular formula is C23H38IN5O4. The number of methoxy groups -OCH3 is 1. The van der Waals surface area contributed by atoms with Crippen LogP contribution < -0.4 is 14.8 Å². The van der Waals surface area contributed by atoms with Gasteiger partial charge in [0.15, 0.2) is 5.96 Å². The molecule has 0 aliphatic carbocycles. The largest absolute Gasteiger partial charge is 0.497 e. The standard InChI is InChI=1S/C23H37N5O4.HI/c1-4-24-23(25-17-19(2)32-21-7-5-6-20(16-21)30-3)28-10-8-26(9-11-28)18-22(29)27-12-14-31-15-13-27;/h5-7,16,19H,4,8-15,17-18H2,1-3H3,(H,24,25);1H. The molecule has 9 nitrogen and oxygen atoms in total. The Morgan fingerprint density at radius 3 is 2.48 bits per heavy atom. The Bertz CT molecular complexity index is 752. The van der Waals surface area contributed by atoms with E-state index in [4.69, 9.17) is 19.2 Å². The van der Waals surface area contributed by atoms with E-state index in [0.29, 0.717) is 39.4 Å². The molecule has 33 heavy (non-hydrogen) atoms. The lowest BCUT2D eigenvalue weighted by Crippen LogP contribution is -2.55. The van der Waals surface area contributed by atoms with Gasteiger partial charge in [-0.15, -0.1) is 24.0 Å². The fourth-order valence-electron chi connectivity index (χ4n) is 3.81. The van der Waals surface area contributed by atoms with Gasteiger partial charge in [-0.2, -0.15) is 0 Å². The Morgan fingerprint density at radius 2 is 1.82 bits per heavy atom. The smallest absolute Gasteiger partial charge is 0.236 e. The first-order chi connectivity index (χ1) is 15.6. The van der Waals surface area contributed by atoms with Gasteiger partial charge < -0.3 is 29.3 Å². The van der Waals surface area contributed by atoms with Gasteiger partial charge in [-0.25, -0.2) is 4.99 Å². The lowest BCUT2D eigenvalue weighted by atomic mass is 10.3. The lowest BCUT2D eigenvalue weighted by Gasteiger charge is -2.37. The Hall–Kier alpha value is -1.79. The van der Waals surface area contributed by atoms with Crippen LogP contribution in [0.3, 0.4) is 0 Å². The number of hydrogen-bond donors (Lipinski definition) is 1. The minimum atomic E-state index is -0.0665. The minimum Gasteiger partial charge on any atom is -0.497 e. The number of benzene rings is 1. The summed E-state index contributed by atoms with van der Waals surface area (Å²) >= 11 is 0. The van der Waals surface area contributed by atoms with Crippen molar-refractivity contribution < 1.29 is 19.0 Å². The van der Waals surface area contributed by atoms with E-state index in [2.05, 4.69) is 22.0 Å². The third kappa shape index (κ3) is 8.82. The highest BCUT2D eigenvalue weighted by molar-refractivity contribution is 14.0. The number of guanidine groups is 1. The number of nitrogens with zero attached hydrogens (tertiary/aromatic N) is 4. The van der Waals surface area contributed by atoms with E-state index >= 15 is 0 Å². The topological polar surface area (TPSA) is 78.9 Å². The van der Waals surface area contributed by atoms with E-state index in [-0.39, 0.29) is 36.0 Å². The molecule has 1 N–H and O–H groups in total. The first-order valence-electron chi connectivity index (χ1n) is 11.5. The summed E-state index contributed by atoms with van der Waals surface area (Å²) in [7, 11) is 1.65. The van der Waals surface area contributed by atoms with Gasteiger partial charge in [-0.1, -0.05) is 6.07 Å². The molecule has 2 fully saturated rings. The maximum Gasteiger partial charge on any atom is 0.236 e. The van der Waals surface area contributed by atoms with E-state index in [1.807, 2.05) is 36.1 Å². The molecule has 0 saturated carbocycles. The predicted octanol–water partition coefficient (Wildman–Crippen LogP) is 1.52. The summed E-state index contributed by atoms with van der Waals surface area (Å²) in [6.07, 6.45) is -0.0665. The number of ether oxygens (including phenoxy) is 3. The molecule has 0 spiro atoms. The first-order valence-corrected chi connectivity index (χ1v) is 11.5. The molecule has 2 aliphatic heterocycles. The maximum absolute atomic E-state index is 12.5. The average molecular weight is 575 g/mol. The highest BCUT2D eigenvalue weighted by Gasteiger charge is 2.24. The molecule has 186 valence electrons. The molecule has 1 aromatic rings. The van der Waals surface area contributed by atoms with Crippen molar-refractivity contribution in [2.45, 2.75) is 20.0 Å². The van der Waals surface area contributed by atoms with Crippen molar-refractivity contribution in [1.82, 2.24) is 20.0 Å². The number of nitrogens with one attached hydrogen (secondary N) is 1. The Balaban J connectivity index is 0.00000385. The maximum atomic E-state index is 12.5. The number of carbonyl (C=O) groups is 1.